The quantitative estimate of drug-likeness (QED) is 0.389. The van der Waals surface area contributed by atoms with Gasteiger partial charge in [-0.2, -0.15) is 0 Å². The van der Waals surface area contributed by atoms with Gasteiger partial charge in [0.25, 0.3) is 22.4 Å². The van der Waals surface area contributed by atoms with Crippen LogP contribution in [0, 0.1) is 23.4 Å². The molecule has 1 unspecified atom stereocenters. The van der Waals surface area contributed by atoms with Gasteiger partial charge in [-0.25, -0.2) is 26.3 Å². The van der Waals surface area contributed by atoms with Crippen LogP contribution in [0.2, 0.25) is 5.02 Å². The largest absolute Gasteiger partial charge is 0.488 e. The molecule has 2 aromatic rings. The van der Waals surface area contributed by atoms with E-state index in [1.54, 1.807) is 4.90 Å². The maximum atomic E-state index is 15.3. The molecule has 2 fully saturated rings. The van der Waals surface area contributed by atoms with Crippen LogP contribution in [0.5, 0.6) is 11.5 Å². The van der Waals surface area contributed by atoms with Gasteiger partial charge in [-0.15, -0.1) is 0 Å². The molecule has 9 nitrogen and oxygen atoms in total. The first-order valence-corrected chi connectivity index (χ1v) is 15.0. The third kappa shape index (κ3) is 6.90. The summed E-state index contributed by atoms with van der Waals surface area (Å²) in [6.07, 6.45) is 5.49. The first-order valence-electron chi connectivity index (χ1n) is 13.2. The standard InChI is InChI=1S/C27H31ClF3N3O6S/c1-33(2)17-8-5-9-34(13-17)18-10-21(29)26(22(30)11-18)41(37,38)32-27(36)19-12-20(28)24(25(23(19)31)40-15-35)39-14-16-6-3-4-7-16/h10-12,15-17H,3-9,13-14H2,1-2H3,(H,32,36). The monoisotopic (exact) mass is 617 g/mol. The molecule has 1 heterocycles. The maximum absolute atomic E-state index is 15.3. The van der Waals surface area contributed by atoms with Crippen molar-refractivity contribution in [2.75, 3.05) is 38.7 Å². The van der Waals surface area contributed by atoms with E-state index < -0.39 is 49.6 Å². The molecule has 4 rings (SSSR count). The van der Waals surface area contributed by atoms with Crippen LogP contribution >= 0.6 is 11.6 Å². The van der Waals surface area contributed by atoms with Crippen LogP contribution in [0.1, 0.15) is 48.9 Å². The lowest BCUT2D eigenvalue weighted by molar-refractivity contribution is -0.121. The zero-order valence-corrected chi connectivity index (χ0v) is 24.2. The Bertz CT molecular complexity index is 1400. The van der Waals surface area contributed by atoms with Crippen molar-refractivity contribution in [1.29, 1.82) is 0 Å². The molecule has 1 N–H and O–H groups in total. The molecule has 0 spiro atoms. The fourth-order valence-corrected chi connectivity index (χ4v) is 6.58. The molecule has 1 aliphatic heterocycles. The second kappa shape index (κ2) is 12.9. The second-order valence-electron chi connectivity index (χ2n) is 10.4. The van der Waals surface area contributed by atoms with Gasteiger partial charge < -0.3 is 19.3 Å². The number of carbonyl (C=O) groups is 2. The Morgan fingerprint density at radius 2 is 1.76 bits per heavy atom. The molecule has 0 aromatic heterocycles. The van der Waals surface area contributed by atoms with Crippen molar-refractivity contribution in [3.8, 4) is 11.5 Å². The minimum atomic E-state index is -5.15. The Hall–Kier alpha value is -3.03. The molecule has 1 amide bonds. The predicted octanol–water partition coefficient (Wildman–Crippen LogP) is 4.51. The minimum Gasteiger partial charge on any atom is -0.488 e. The van der Waals surface area contributed by atoms with E-state index in [1.807, 2.05) is 19.0 Å². The number of piperidine rings is 1. The van der Waals surface area contributed by atoms with Crippen molar-refractivity contribution < 1.29 is 40.7 Å². The normalized spacial score (nSPS) is 18.0. The first-order chi connectivity index (χ1) is 19.4. The predicted molar refractivity (Wildman–Crippen MR) is 145 cm³/mol. The molecule has 224 valence electrons. The van der Waals surface area contributed by atoms with Crippen LogP contribution in [0.15, 0.2) is 23.1 Å². The van der Waals surface area contributed by atoms with Crippen LogP contribution in [0.25, 0.3) is 0 Å². The van der Waals surface area contributed by atoms with Crippen molar-refractivity contribution >= 4 is 39.7 Å². The minimum absolute atomic E-state index is 0.106. The molecule has 14 heteroatoms. The average molecular weight is 618 g/mol. The van der Waals surface area contributed by atoms with Crippen LogP contribution in [-0.4, -0.2) is 65.5 Å². The van der Waals surface area contributed by atoms with Gasteiger partial charge in [0.2, 0.25) is 5.75 Å². The number of hydrogen-bond acceptors (Lipinski definition) is 8. The Labute approximate surface area is 241 Å². The zero-order chi connectivity index (χ0) is 29.9. The summed E-state index contributed by atoms with van der Waals surface area (Å²) in [5.74, 6) is -6.83. The van der Waals surface area contributed by atoms with E-state index in [0.29, 0.717) is 13.1 Å². The molecule has 1 saturated heterocycles. The highest BCUT2D eigenvalue weighted by molar-refractivity contribution is 7.90. The molecule has 41 heavy (non-hydrogen) atoms. The molecule has 1 atom stereocenters. The number of amides is 1. The maximum Gasteiger partial charge on any atom is 0.298 e. The van der Waals surface area contributed by atoms with Crippen molar-refractivity contribution in [3.63, 3.8) is 0 Å². The molecular formula is C27H31ClF3N3O6S. The summed E-state index contributed by atoms with van der Waals surface area (Å²) >= 11 is 6.19. The Morgan fingerprint density at radius 3 is 2.37 bits per heavy atom. The van der Waals surface area contributed by atoms with Gasteiger partial charge in [-0.1, -0.05) is 24.4 Å². The number of nitrogens with zero attached hydrogens (tertiary/aromatic N) is 2. The highest BCUT2D eigenvalue weighted by Crippen LogP contribution is 2.40. The summed E-state index contributed by atoms with van der Waals surface area (Å²) in [6.45, 7) is 1.07. The summed E-state index contributed by atoms with van der Waals surface area (Å²) in [6, 6.07) is 2.69. The van der Waals surface area contributed by atoms with Crippen LogP contribution in [-0.2, 0) is 14.8 Å². The number of halogens is 4. The SMILES string of the molecule is CN(C)C1CCCN(c2cc(F)c(S(=O)(=O)NC(=O)c3cc(Cl)c(OCC4CCCC4)c(OC=O)c3F)c(F)c2)C1. The number of hydrogen-bond donors (Lipinski definition) is 1. The highest BCUT2D eigenvalue weighted by Gasteiger charge is 2.32. The molecule has 2 aliphatic rings. The lowest BCUT2D eigenvalue weighted by atomic mass is 10.0. The number of carbonyl (C=O) groups excluding carboxylic acids is 2. The Balaban J connectivity index is 1.58. The number of ether oxygens (including phenoxy) is 2. The number of anilines is 1. The number of benzene rings is 2. The molecular weight excluding hydrogens is 587 g/mol. The molecule has 1 aliphatic carbocycles. The third-order valence-corrected chi connectivity index (χ3v) is 9.11. The van der Waals surface area contributed by atoms with Gasteiger partial charge in [0.05, 0.1) is 17.2 Å². The van der Waals surface area contributed by atoms with E-state index >= 15 is 13.2 Å². The van der Waals surface area contributed by atoms with Crippen LogP contribution < -0.4 is 19.1 Å². The second-order valence-corrected chi connectivity index (χ2v) is 12.5. The fourth-order valence-electron chi connectivity index (χ4n) is 5.24. The van der Waals surface area contributed by atoms with Gasteiger partial charge in [0.15, 0.2) is 16.5 Å². The Morgan fingerprint density at radius 1 is 1.10 bits per heavy atom. The number of likely N-dealkylation sites (N-methyl/N-ethyl adjacent to an activating group) is 1. The van der Waals surface area contributed by atoms with E-state index in [1.165, 1.54) is 4.72 Å². The van der Waals surface area contributed by atoms with Gasteiger partial charge in [-0.3, -0.25) is 9.59 Å². The number of rotatable bonds is 10. The molecule has 1 saturated carbocycles. The van der Waals surface area contributed by atoms with Crippen molar-refractivity contribution in [1.82, 2.24) is 9.62 Å². The first kappa shape index (κ1) is 30.9. The van der Waals surface area contributed by atoms with Crippen molar-refractivity contribution in [2.45, 2.75) is 49.5 Å². The van der Waals surface area contributed by atoms with Gasteiger partial charge in [0, 0.05) is 24.8 Å². The molecule has 0 bridgehead atoms. The van der Waals surface area contributed by atoms with Gasteiger partial charge >= 0.3 is 0 Å². The lowest BCUT2D eigenvalue weighted by Crippen LogP contribution is -2.45. The third-order valence-electron chi connectivity index (χ3n) is 7.45. The fraction of sp³-hybridized carbons (Fsp3) is 0.481. The van der Waals surface area contributed by atoms with E-state index in [4.69, 9.17) is 16.3 Å². The van der Waals surface area contributed by atoms with E-state index in [0.717, 1.165) is 56.7 Å². The van der Waals surface area contributed by atoms with Crippen molar-refractivity contribution in [2.24, 2.45) is 5.92 Å². The molecule has 0 radical (unpaired) electrons. The van der Waals surface area contributed by atoms with Crippen molar-refractivity contribution in [3.05, 3.63) is 46.2 Å². The number of nitrogens with one attached hydrogen (secondary N) is 1. The smallest absolute Gasteiger partial charge is 0.298 e. The highest BCUT2D eigenvalue weighted by atomic mass is 35.5. The summed E-state index contributed by atoms with van der Waals surface area (Å²) in [5.41, 5.74) is -0.789. The van der Waals surface area contributed by atoms with Gasteiger partial charge in [0.1, 0.15) is 11.6 Å². The average Bonchev–Trinajstić information content (AvgIpc) is 3.43. The zero-order valence-electron chi connectivity index (χ0n) is 22.6. The van der Waals surface area contributed by atoms with E-state index in [9.17, 15) is 18.0 Å². The molecule has 2 aromatic carbocycles. The van der Waals surface area contributed by atoms with Gasteiger partial charge in [-0.05, 0) is 63.9 Å². The van der Waals surface area contributed by atoms with Crippen LogP contribution in [0.3, 0.4) is 0 Å². The van der Waals surface area contributed by atoms with E-state index in [-0.39, 0.29) is 41.5 Å². The summed E-state index contributed by atoms with van der Waals surface area (Å²) in [4.78, 5) is 26.2. The lowest BCUT2D eigenvalue weighted by Gasteiger charge is -2.37. The summed E-state index contributed by atoms with van der Waals surface area (Å²) in [5, 5.41) is -0.330. The summed E-state index contributed by atoms with van der Waals surface area (Å²) < 4.78 is 83.0. The number of sulfonamides is 1. The van der Waals surface area contributed by atoms with Crippen LogP contribution in [0.4, 0.5) is 18.9 Å². The van der Waals surface area contributed by atoms with E-state index in [2.05, 4.69) is 4.74 Å². The Kier molecular flexibility index (Phi) is 9.70. The topological polar surface area (TPSA) is 105 Å². The summed E-state index contributed by atoms with van der Waals surface area (Å²) in [7, 11) is -1.36.